The number of anilines is 2. The second kappa shape index (κ2) is 6.24. The van der Waals surface area contributed by atoms with Gasteiger partial charge in [-0.15, -0.1) is 0 Å². The first-order valence-corrected chi connectivity index (χ1v) is 9.40. The average Bonchev–Trinajstić information content (AvgIpc) is 2.64. The van der Waals surface area contributed by atoms with Crippen molar-refractivity contribution in [2.45, 2.75) is 18.7 Å². The van der Waals surface area contributed by atoms with Crippen LogP contribution in [0.3, 0.4) is 0 Å². The number of nitrogens with one attached hydrogen (secondary N) is 2. The van der Waals surface area contributed by atoms with Crippen LogP contribution in [0.5, 0.6) is 5.75 Å². The SMILES string of the molecule is CC1(C)COc2ccc(NS(=O)(=O)c3cccc(Cl)c3)cc2NC1=O. The predicted molar refractivity (Wildman–Crippen MR) is 96.6 cm³/mol. The van der Waals surface area contributed by atoms with Gasteiger partial charge in [-0.05, 0) is 50.2 Å². The first-order chi connectivity index (χ1) is 11.7. The maximum Gasteiger partial charge on any atom is 0.261 e. The third-order valence-electron chi connectivity index (χ3n) is 3.79. The summed E-state index contributed by atoms with van der Waals surface area (Å²) in [7, 11) is -3.80. The zero-order valence-electron chi connectivity index (χ0n) is 13.7. The number of hydrogen-bond acceptors (Lipinski definition) is 4. The molecule has 2 aromatic carbocycles. The molecule has 0 atom stereocenters. The average molecular weight is 381 g/mol. The van der Waals surface area contributed by atoms with Crippen LogP contribution < -0.4 is 14.8 Å². The lowest BCUT2D eigenvalue weighted by Crippen LogP contribution is -2.33. The third-order valence-corrected chi connectivity index (χ3v) is 5.40. The lowest BCUT2D eigenvalue weighted by Gasteiger charge is -2.18. The second-order valence-corrected chi connectivity index (χ2v) is 8.52. The molecule has 2 aromatic rings. The van der Waals surface area contributed by atoms with E-state index in [-0.39, 0.29) is 17.4 Å². The van der Waals surface area contributed by atoms with Crippen LogP contribution in [0.25, 0.3) is 0 Å². The zero-order valence-corrected chi connectivity index (χ0v) is 15.2. The Kier molecular flexibility index (Phi) is 4.38. The van der Waals surface area contributed by atoms with Crippen LogP contribution in [0.2, 0.25) is 5.02 Å². The molecule has 0 saturated heterocycles. The van der Waals surface area contributed by atoms with Crippen LogP contribution >= 0.6 is 11.6 Å². The molecular formula is C17H17ClN2O4S. The molecule has 6 nitrogen and oxygen atoms in total. The van der Waals surface area contributed by atoms with Crippen LogP contribution in [0.4, 0.5) is 11.4 Å². The van der Waals surface area contributed by atoms with Gasteiger partial charge in [-0.2, -0.15) is 0 Å². The Morgan fingerprint density at radius 2 is 1.96 bits per heavy atom. The molecule has 3 rings (SSSR count). The van der Waals surface area contributed by atoms with E-state index < -0.39 is 15.4 Å². The van der Waals surface area contributed by atoms with Crippen molar-refractivity contribution in [2.24, 2.45) is 5.41 Å². The minimum absolute atomic E-state index is 0.0522. The highest BCUT2D eigenvalue weighted by Gasteiger charge is 2.32. The van der Waals surface area contributed by atoms with E-state index in [1.165, 1.54) is 18.2 Å². The molecule has 0 radical (unpaired) electrons. The van der Waals surface area contributed by atoms with Gasteiger partial charge in [0.2, 0.25) is 5.91 Å². The first kappa shape index (κ1) is 17.6. The van der Waals surface area contributed by atoms with Gasteiger partial charge < -0.3 is 10.1 Å². The van der Waals surface area contributed by atoms with Crippen molar-refractivity contribution in [1.82, 2.24) is 0 Å². The quantitative estimate of drug-likeness (QED) is 0.853. The van der Waals surface area contributed by atoms with Crippen molar-refractivity contribution < 1.29 is 17.9 Å². The van der Waals surface area contributed by atoms with Crippen molar-refractivity contribution in [1.29, 1.82) is 0 Å². The summed E-state index contributed by atoms with van der Waals surface area (Å²) < 4.78 is 33.1. The lowest BCUT2D eigenvalue weighted by atomic mass is 9.94. The number of ether oxygens (including phenoxy) is 1. The van der Waals surface area contributed by atoms with Gasteiger partial charge in [-0.25, -0.2) is 8.42 Å². The number of halogens is 1. The summed E-state index contributed by atoms with van der Waals surface area (Å²) in [6.07, 6.45) is 0. The molecule has 1 aliphatic rings. The Bertz CT molecular complexity index is 941. The van der Waals surface area contributed by atoms with E-state index in [1.54, 1.807) is 38.1 Å². The molecule has 1 aliphatic heterocycles. The van der Waals surface area contributed by atoms with Crippen molar-refractivity contribution in [2.75, 3.05) is 16.6 Å². The highest BCUT2D eigenvalue weighted by Crippen LogP contribution is 2.34. The highest BCUT2D eigenvalue weighted by molar-refractivity contribution is 7.92. The Morgan fingerprint density at radius 1 is 1.20 bits per heavy atom. The molecule has 0 fully saturated rings. The topological polar surface area (TPSA) is 84.5 Å². The monoisotopic (exact) mass is 380 g/mol. The summed E-state index contributed by atoms with van der Waals surface area (Å²) in [6, 6.07) is 10.7. The fourth-order valence-electron chi connectivity index (χ4n) is 2.28. The predicted octanol–water partition coefficient (Wildman–Crippen LogP) is 3.50. The molecule has 0 saturated carbocycles. The second-order valence-electron chi connectivity index (χ2n) is 6.40. The standard InChI is InChI=1S/C17H17ClN2O4S/c1-17(2)10-24-15-7-6-12(9-14(15)19-16(17)21)20-25(22,23)13-5-3-4-11(18)8-13/h3-9,20H,10H2,1-2H3,(H,19,21). The van der Waals surface area contributed by atoms with Crippen LogP contribution in [-0.2, 0) is 14.8 Å². The van der Waals surface area contributed by atoms with Crippen LogP contribution in [-0.4, -0.2) is 20.9 Å². The first-order valence-electron chi connectivity index (χ1n) is 7.54. The molecule has 0 spiro atoms. The highest BCUT2D eigenvalue weighted by atomic mass is 35.5. The van der Waals surface area contributed by atoms with Gasteiger partial charge in [0.05, 0.1) is 21.7 Å². The Labute approximate surface area is 151 Å². The summed E-state index contributed by atoms with van der Waals surface area (Å²) in [6.45, 7) is 3.79. The smallest absolute Gasteiger partial charge is 0.261 e. The van der Waals surface area contributed by atoms with Gasteiger partial charge in [0, 0.05) is 5.02 Å². The van der Waals surface area contributed by atoms with Gasteiger partial charge in [0.1, 0.15) is 12.4 Å². The van der Waals surface area contributed by atoms with E-state index in [2.05, 4.69) is 10.0 Å². The number of hydrogen-bond donors (Lipinski definition) is 2. The van der Waals surface area contributed by atoms with E-state index in [4.69, 9.17) is 16.3 Å². The van der Waals surface area contributed by atoms with Gasteiger partial charge in [-0.1, -0.05) is 17.7 Å². The molecule has 0 aromatic heterocycles. The minimum atomic E-state index is -3.80. The molecule has 1 amide bonds. The molecule has 0 bridgehead atoms. The summed E-state index contributed by atoms with van der Waals surface area (Å²) in [5, 5.41) is 3.09. The molecular weight excluding hydrogens is 364 g/mol. The number of fused-ring (bicyclic) bond motifs is 1. The van der Waals surface area contributed by atoms with Crippen molar-refractivity contribution in [3.05, 3.63) is 47.5 Å². The number of benzene rings is 2. The number of carbonyl (C=O) groups excluding carboxylic acids is 1. The van der Waals surface area contributed by atoms with E-state index in [9.17, 15) is 13.2 Å². The van der Waals surface area contributed by atoms with Crippen molar-refractivity contribution in [3.63, 3.8) is 0 Å². The van der Waals surface area contributed by atoms with E-state index in [1.807, 2.05) is 0 Å². The molecule has 25 heavy (non-hydrogen) atoms. The minimum Gasteiger partial charge on any atom is -0.490 e. The Hall–Kier alpha value is -2.25. The van der Waals surface area contributed by atoms with Crippen LogP contribution in [0.15, 0.2) is 47.4 Å². The molecule has 0 aliphatic carbocycles. The number of sulfonamides is 1. The van der Waals surface area contributed by atoms with Crippen LogP contribution in [0.1, 0.15) is 13.8 Å². The normalized spacial score (nSPS) is 16.2. The summed E-state index contributed by atoms with van der Waals surface area (Å²) in [4.78, 5) is 12.3. The third kappa shape index (κ3) is 3.72. The number of rotatable bonds is 3. The van der Waals surface area contributed by atoms with E-state index in [0.29, 0.717) is 22.1 Å². The molecule has 2 N–H and O–H groups in total. The van der Waals surface area contributed by atoms with Gasteiger partial charge in [0.25, 0.3) is 10.0 Å². The number of amides is 1. The van der Waals surface area contributed by atoms with E-state index in [0.717, 1.165) is 0 Å². The Balaban J connectivity index is 1.90. The molecule has 8 heteroatoms. The molecule has 0 unspecified atom stereocenters. The fourth-order valence-corrected chi connectivity index (χ4v) is 3.63. The van der Waals surface area contributed by atoms with Crippen molar-refractivity contribution in [3.8, 4) is 5.75 Å². The molecule has 1 heterocycles. The number of carbonyl (C=O) groups is 1. The van der Waals surface area contributed by atoms with Gasteiger partial charge >= 0.3 is 0 Å². The maximum absolute atomic E-state index is 12.5. The zero-order chi connectivity index (χ0) is 18.2. The summed E-state index contributed by atoms with van der Waals surface area (Å²) in [5.41, 5.74) is 0.0450. The Morgan fingerprint density at radius 3 is 2.68 bits per heavy atom. The lowest BCUT2D eigenvalue weighted by molar-refractivity contribution is -0.124. The summed E-state index contributed by atoms with van der Waals surface area (Å²) in [5.74, 6) is 0.297. The van der Waals surface area contributed by atoms with Crippen molar-refractivity contribution >= 4 is 38.9 Å². The maximum atomic E-state index is 12.5. The van der Waals surface area contributed by atoms with Crippen LogP contribution in [0, 0.1) is 5.41 Å². The fraction of sp³-hybridized carbons (Fsp3) is 0.235. The summed E-state index contributed by atoms with van der Waals surface area (Å²) >= 11 is 5.85. The van der Waals surface area contributed by atoms with E-state index >= 15 is 0 Å². The van der Waals surface area contributed by atoms with Gasteiger partial charge in [-0.3, -0.25) is 9.52 Å². The molecule has 132 valence electrons. The van der Waals surface area contributed by atoms with Gasteiger partial charge in [0.15, 0.2) is 0 Å². The largest absolute Gasteiger partial charge is 0.490 e.